The molecule has 0 spiro atoms. The Morgan fingerprint density at radius 1 is 0.938 bits per heavy atom. The Labute approximate surface area is 190 Å². The minimum atomic E-state index is -4.24. The van der Waals surface area contributed by atoms with Gasteiger partial charge < -0.3 is 10.0 Å². The van der Waals surface area contributed by atoms with Gasteiger partial charge in [0.1, 0.15) is 4.90 Å². The smallest absolute Gasteiger partial charge is 0.239 e. The van der Waals surface area contributed by atoms with E-state index in [1.807, 2.05) is 18.2 Å². The predicted molar refractivity (Wildman–Crippen MR) is 125 cm³/mol. The van der Waals surface area contributed by atoms with Crippen LogP contribution in [0.5, 0.6) is 0 Å². The van der Waals surface area contributed by atoms with Crippen molar-refractivity contribution in [3.8, 4) is 0 Å². The van der Waals surface area contributed by atoms with Crippen molar-refractivity contribution in [3.63, 3.8) is 0 Å². The topological polar surface area (TPSA) is 121 Å². The van der Waals surface area contributed by atoms with Crippen molar-refractivity contribution in [1.82, 2.24) is 4.90 Å². The van der Waals surface area contributed by atoms with Crippen LogP contribution in [0, 0.1) is 0 Å². The molecule has 3 N–H and O–H groups in total. The maximum Gasteiger partial charge on any atom is 0.239 e. The largest absolute Gasteiger partial charge is 0.388 e. The number of hydrogen-bond acceptors (Lipinski definition) is 7. The third-order valence-electron chi connectivity index (χ3n) is 5.75. The molecule has 0 saturated carbocycles. The number of unbranched alkanes of at least 4 members (excludes halogenated alkanes) is 1. The first kappa shape index (κ1) is 24.7. The summed E-state index contributed by atoms with van der Waals surface area (Å²) in [4.78, 5) is 3.95. The Morgan fingerprint density at radius 2 is 1.59 bits per heavy atom. The zero-order chi connectivity index (χ0) is 23.4. The molecule has 1 atom stereocenters. The summed E-state index contributed by atoms with van der Waals surface area (Å²) < 4.78 is 47.4. The van der Waals surface area contributed by atoms with E-state index in [-0.39, 0.29) is 4.90 Å². The molecule has 10 heteroatoms. The van der Waals surface area contributed by atoms with Crippen LogP contribution in [0.3, 0.4) is 0 Å². The van der Waals surface area contributed by atoms with Crippen LogP contribution in [-0.2, 0) is 19.9 Å². The van der Waals surface area contributed by atoms with Crippen molar-refractivity contribution < 1.29 is 21.9 Å². The molecule has 176 valence electrons. The van der Waals surface area contributed by atoms with Gasteiger partial charge in [0, 0.05) is 38.1 Å². The molecule has 0 bridgehead atoms. The standard InChI is InChI=1S/C22H31N3O5S2/c1-31(27,28)21-11-10-18(17-22(21)32(23,29)30)20(26)9-5-6-12-24-13-15-25(16-14-24)19-7-3-2-4-8-19/h2-4,7-8,10-11,17,20,26H,5-6,9,12-16H2,1H3,(H2,23,29,30). The first-order valence-corrected chi connectivity index (χ1v) is 14.1. The van der Waals surface area contributed by atoms with E-state index in [1.54, 1.807) is 0 Å². The highest BCUT2D eigenvalue weighted by Crippen LogP contribution is 2.27. The van der Waals surface area contributed by atoms with Crippen LogP contribution in [0.25, 0.3) is 0 Å². The molecule has 0 aromatic heterocycles. The van der Waals surface area contributed by atoms with Gasteiger partial charge in [0.25, 0.3) is 0 Å². The van der Waals surface area contributed by atoms with Gasteiger partial charge in [-0.2, -0.15) is 0 Å². The summed E-state index contributed by atoms with van der Waals surface area (Å²) in [5, 5.41) is 15.7. The van der Waals surface area contributed by atoms with Crippen LogP contribution < -0.4 is 10.0 Å². The Hall–Kier alpha value is -1.98. The van der Waals surface area contributed by atoms with E-state index in [0.717, 1.165) is 51.8 Å². The fourth-order valence-electron chi connectivity index (χ4n) is 3.97. The van der Waals surface area contributed by atoms with Gasteiger partial charge in [-0.05, 0) is 55.6 Å². The first-order valence-electron chi connectivity index (χ1n) is 10.6. The van der Waals surface area contributed by atoms with Crippen molar-refractivity contribution in [2.45, 2.75) is 35.2 Å². The summed E-state index contributed by atoms with van der Waals surface area (Å²) in [7, 11) is -8.00. The molecular formula is C22H31N3O5S2. The average molecular weight is 482 g/mol. The second kappa shape index (κ2) is 10.3. The van der Waals surface area contributed by atoms with Crippen molar-refractivity contribution in [2.24, 2.45) is 5.14 Å². The highest BCUT2D eigenvalue weighted by atomic mass is 32.2. The number of nitrogens with two attached hydrogens (primary N) is 1. The number of aliphatic hydroxyl groups is 1. The number of anilines is 1. The second-order valence-corrected chi connectivity index (χ2v) is 11.7. The van der Waals surface area contributed by atoms with E-state index >= 15 is 0 Å². The van der Waals surface area contributed by atoms with Crippen molar-refractivity contribution >= 4 is 25.5 Å². The number of sulfone groups is 1. The van der Waals surface area contributed by atoms with Gasteiger partial charge in [0.2, 0.25) is 10.0 Å². The molecule has 8 nitrogen and oxygen atoms in total. The second-order valence-electron chi connectivity index (χ2n) is 8.20. The molecule has 0 radical (unpaired) electrons. The van der Waals surface area contributed by atoms with Crippen molar-refractivity contribution in [1.29, 1.82) is 0 Å². The number of sulfonamides is 1. The lowest BCUT2D eigenvalue weighted by molar-refractivity contribution is 0.159. The molecule has 3 rings (SSSR count). The van der Waals surface area contributed by atoms with Gasteiger partial charge in [-0.15, -0.1) is 0 Å². The molecule has 1 heterocycles. The number of primary sulfonamides is 1. The molecule has 2 aromatic carbocycles. The fraction of sp³-hybridized carbons (Fsp3) is 0.455. The van der Waals surface area contributed by atoms with E-state index in [9.17, 15) is 21.9 Å². The Morgan fingerprint density at radius 3 is 2.19 bits per heavy atom. The Bertz CT molecular complexity index is 1110. The maximum atomic E-state index is 11.9. The lowest BCUT2D eigenvalue weighted by Gasteiger charge is -2.36. The highest BCUT2D eigenvalue weighted by Gasteiger charge is 2.23. The molecular weight excluding hydrogens is 450 g/mol. The van der Waals surface area contributed by atoms with Crippen LogP contribution in [0.1, 0.15) is 30.9 Å². The molecule has 1 aliphatic heterocycles. The third kappa shape index (κ3) is 6.52. The van der Waals surface area contributed by atoms with E-state index in [0.29, 0.717) is 12.0 Å². The maximum absolute atomic E-state index is 11.9. The van der Waals surface area contributed by atoms with Gasteiger partial charge in [0.15, 0.2) is 9.84 Å². The SMILES string of the molecule is CS(=O)(=O)c1ccc(C(O)CCCCN2CCN(c3ccccc3)CC2)cc1S(N)(=O)=O. The summed E-state index contributed by atoms with van der Waals surface area (Å²) in [6, 6.07) is 14.2. The average Bonchev–Trinajstić information content (AvgIpc) is 2.76. The van der Waals surface area contributed by atoms with Gasteiger partial charge >= 0.3 is 0 Å². The summed E-state index contributed by atoms with van der Waals surface area (Å²) in [5.74, 6) is 0. The fourth-order valence-corrected chi connectivity index (χ4v) is 6.16. The minimum Gasteiger partial charge on any atom is -0.388 e. The highest BCUT2D eigenvalue weighted by molar-refractivity contribution is 7.93. The van der Waals surface area contributed by atoms with E-state index in [4.69, 9.17) is 5.14 Å². The van der Waals surface area contributed by atoms with Crippen LogP contribution in [0.15, 0.2) is 58.3 Å². The molecule has 0 aliphatic carbocycles. The third-order valence-corrected chi connectivity index (χ3v) is 7.99. The van der Waals surface area contributed by atoms with Gasteiger partial charge in [-0.1, -0.05) is 24.3 Å². The molecule has 1 unspecified atom stereocenters. The number of nitrogens with zero attached hydrogens (tertiary/aromatic N) is 2. The van der Waals surface area contributed by atoms with Crippen molar-refractivity contribution in [3.05, 3.63) is 54.1 Å². The van der Waals surface area contributed by atoms with Crippen LogP contribution in [0.2, 0.25) is 0 Å². The zero-order valence-corrected chi connectivity index (χ0v) is 19.9. The first-order chi connectivity index (χ1) is 15.1. The van der Waals surface area contributed by atoms with Gasteiger partial charge in [-0.25, -0.2) is 22.0 Å². The van der Waals surface area contributed by atoms with Crippen molar-refractivity contribution in [2.75, 3.05) is 43.9 Å². The van der Waals surface area contributed by atoms with Crippen LogP contribution >= 0.6 is 0 Å². The monoisotopic (exact) mass is 481 g/mol. The lowest BCUT2D eigenvalue weighted by atomic mass is 10.0. The summed E-state index contributed by atoms with van der Waals surface area (Å²) >= 11 is 0. The van der Waals surface area contributed by atoms with E-state index in [1.165, 1.54) is 23.9 Å². The molecule has 1 aliphatic rings. The van der Waals surface area contributed by atoms with Gasteiger partial charge in [0.05, 0.1) is 11.0 Å². The number of rotatable bonds is 9. The molecule has 0 amide bonds. The normalized spacial score (nSPS) is 16.8. The molecule has 2 aromatic rings. The quantitative estimate of drug-likeness (QED) is 0.524. The molecule has 1 saturated heterocycles. The predicted octanol–water partition coefficient (Wildman–Crippen LogP) is 1.76. The summed E-state index contributed by atoms with van der Waals surface area (Å²) in [5.41, 5.74) is 1.59. The number of para-hydroxylation sites is 1. The van der Waals surface area contributed by atoms with Gasteiger partial charge in [-0.3, -0.25) is 4.90 Å². The minimum absolute atomic E-state index is 0.345. The number of hydrogen-bond donors (Lipinski definition) is 2. The molecule has 32 heavy (non-hydrogen) atoms. The number of aliphatic hydroxyl groups excluding tert-OH is 1. The molecule has 1 fully saturated rings. The Kier molecular flexibility index (Phi) is 7.94. The lowest BCUT2D eigenvalue weighted by Crippen LogP contribution is -2.46. The number of benzene rings is 2. The van der Waals surface area contributed by atoms with E-state index < -0.39 is 30.9 Å². The van der Waals surface area contributed by atoms with Crippen LogP contribution in [0.4, 0.5) is 5.69 Å². The summed E-state index contributed by atoms with van der Waals surface area (Å²) in [6.07, 6.45) is 2.16. The number of piperazine rings is 1. The van der Waals surface area contributed by atoms with Crippen LogP contribution in [-0.4, -0.2) is 65.8 Å². The summed E-state index contributed by atoms with van der Waals surface area (Å²) in [6.45, 7) is 4.88. The Balaban J connectivity index is 1.49. The van der Waals surface area contributed by atoms with E-state index in [2.05, 4.69) is 21.9 Å². The zero-order valence-electron chi connectivity index (χ0n) is 18.2.